The van der Waals surface area contributed by atoms with Crippen molar-refractivity contribution in [2.24, 2.45) is 11.7 Å². The molecule has 0 saturated carbocycles. The third kappa shape index (κ3) is 3.21. The summed E-state index contributed by atoms with van der Waals surface area (Å²) < 4.78 is 0. The fourth-order valence-corrected chi connectivity index (χ4v) is 1.78. The third-order valence-corrected chi connectivity index (χ3v) is 2.43. The smallest absolute Gasteiger partial charge is 0.000749 e. The monoisotopic (exact) mass is 156 g/mol. The van der Waals surface area contributed by atoms with E-state index in [1.165, 1.54) is 38.9 Å². The summed E-state index contributed by atoms with van der Waals surface area (Å²) >= 11 is 0. The van der Waals surface area contributed by atoms with Crippen LogP contribution in [0.25, 0.3) is 0 Å². The van der Waals surface area contributed by atoms with E-state index in [1.807, 2.05) is 0 Å². The molecule has 2 N–H and O–H groups in total. The Bertz CT molecular complexity index is 97.7. The number of hydrogen-bond donors (Lipinski definition) is 1. The van der Waals surface area contributed by atoms with Crippen LogP contribution in [0.3, 0.4) is 0 Å². The van der Waals surface area contributed by atoms with E-state index in [-0.39, 0.29) is 0 Å². The molecule has 0 amide bonds. The van der Waals surface area contributed by atoms with Gasteiger partial charge in [-0.3, -0.25) is 0 Å². The topological polar surface area (TPSA) is 29.3 Å². The summed E-state index contributed by atoms with van der Waals surface area (Å²) in [4.78, 5) is 2.56. The number of nitrogens with two attached hydrogens (primary N) is 1. The first kappa shape index (κ1) is 9.01. The molecule has 0 aromatic rings. The molecule has 0 aromatic carbocycles. The lowest BCUT2D eigenvalue weighted by molar-refractivity contribution is 0.282. The fourth-order valence-electron chi connectivity index (χ4n) is 1.78. The van der Waals surface area contributed by atoms with Gasteiger partial charge in [0, 0.05) is 6.54 Å². The van der Waals surface area contributed by atoms with Crippen LogP contribution in [0, 0.1) is 5.92 Å². The summed E-state index contributed by atoms with van der Waals surface area (Å²) in [6, 6.07) is 0. The largest absolute Gasteiger partial charge is 0.330 e. The van der Waals surface area contributed by atoms with Crippen LogP contribution in [0.5, 0.6) is 0 Å². The van der Waals surface area contributed by atoms with Crippen molar-refractivity contribution < 1.29 is 0 Å². The van der Waals surface area contributed by atoms with Crippen molar-refractivity contribution in [2.45, 2.75) is 26.2 Å². The zero-order valence-corrected chi connectivity index (χ0v) is 7.55. The molecule has 1 rings (SSSR count). The molecule has 1 fully saturated rings. The molecule has 1 saturated heterocycles. The van der Waals surface area contributed by atoms with Crippen molar-refractivity contribution in [2.75, 3.05) is 26.2 Å². The predicted octanol–water partition coefficient (Wildman–Crippen LogP) is 1.07. The van der Waals surface area contributed by atoms with Gasteiger partial charge in [0.05, 0.1) is 0 Å². The first-order valence-corrected chi connectivity index (χ1v) is 4.75. The third-order valence-electron chi connectivity index (χ3n) is 2.43. The summed E-state index contributed by atoms with van der Waals surface area (Å²) in [7, 11) is 0. The van der Waals surface area contributed by atoms with Crippen molar-refractivity contribution in [3.05, 3.63) is 0 Å². The summed E-state index contributed by atoms with van der Waals surface area (Å²) in [5, 5.41) is 0. The van der Waals surface area contributed by atoms with Crippen molar-refractivity contribution >= 4 is 0 Å². The molecule has 1 aliphatic rings. The standard InChI is InChI=1S/C9H20N2/c1-9(4-5-10)8-11-6-2-3-7-11/h9H,2-8,10H2,1H3. The lowest BCUT2D eigenvalue weighted by atomic mass is 10.1. The van der Waals surface area contributed by atoms with Gasteiger partial charge in [-0.25, -0.2) is 0 Å². The van der Waals surface area contributed by atoms with Gasteiger partial charge in [-0.1, -0.05) is 6.92 Å². The van der Waals surface area contributed by atoms with Gasteiger partial charge in [0.2, 0.25) is 0 Å². The maximum absolute atomic E-state index is 5.49. The van der Waals surface area contributed by atoms with Crippen LogP contribution in [-0.2, 0) is 0 Å². The van der Waals surface area contributed by atoms with Gasteiger partial charge in [0.1, 0.15) is 0 Å². The highest BCUT2D eigenvalue weighted by Gasteiger charge is 2.13. The molecule has 0 bridgehead atoms. The highest BCUT2D eigenvalue weighted by atomic mass is 15.1. The molecule has 0 aliphatic carbocycles. The number of nitrogens with zero attached hydrogens (tertiary/aromatic N) is 1. The molecule has 1 heterocycles. The van der Waals surface area contributed by atoms with Gasteiger partial charge in [-0.15, -0.1) is 0 Å². The highest BCUT2D eigenvalue weighted by molar-refractivity contribution is 4.68. The van der Waals surface area contributed by atoms with Crippen LogP contribution < -0.4 is 5.73 Å². The molecule has 1 unspecified atom stereocenters. The van der Waals surface area contributed by atoms with Crippen LogP contribution in [0.15, 0.2) is 0 Å². The average molecular weight is 156 g/mol. The SMILES string of the molecule is CC(CCN)CN1CCCC1. The van der Waals surface area contributed by atoms with E-state index in [4.69, 9.17) is 5.73 Å². The Hall–Kier alpha value is -0.0800. The average Bonchev–Trinajstić information content (AvgIpc) is 2.40. The molecular formula is C9H20N2. The van der Waals surface area contributed by atoms with Gasteiger partial charge >= 0.3 is 0 Å². The molecule has 66 valence electrons. The first-order chi connectivity index (χ1) is 5.33. The van der Waals surface area contributed by atoms with Crippen molar-refractivity contribution in [1.29, 1.82) is 0 Å². The molecular weight excluding hydrogens is 136 g/mol. The Morgan fingerprint density at radius 3 is 2.55 bits per heavy atom. The maximum Gasteiger partial charge on any atom is 0.000749 e. The molecule has 0 aromatic heterocycles. The van der Waals surface area contributed by atoms with Gasteiger partial charge < -0.3 is 10.6 Å². The van der Waals surface area contributed by atoms with Crippen LogP contribution in [0.1, 0.15) is 26.2 Å². The zero-order valence-electron chi connectivity index (χ0n) is 7.55. The first-order valence-electron chi connectivity index (χ1n) is 4.75. The van der Waals surface area contributed by atoms with Crippen molar-refractivity contribution in [3.8, 4) is 0 Å². The van der Waals surface area contributed by atoms with Gasteiger partial charge in [-0.2, -0.15) is 0 Å². The summed E-state index contributed by atoms with van der Waals surface area (Å²) in [6.45, 7) is 7.03. The van der Waals surface area contributed by atoms with Crippen molar-refractivity contribution in [1.82, 2.24) is 4.90 Å². The van der Waals surface area contributed by atoms with E-state index in [2.05, 4.69) is 11.8 Å². The van der Waals surface area contributed by atoms with Gasteiger partial charge in [0.15, 0.2) is 0 Å². The van der Waals surface area contributed by atoms with E-state index < -0.39 is 0 Å². The molecule has 1 aliphatic heterocycles. The van der Waals surface area contributed by atoms with E-state index in [0.717, 1.165) is 12.5 Å². The lowest BCUT2D eigenvalue weighted by Crippen LogP contribution is -2.26. The normalized spacial score (nSPS) is 22.4. The van der Waals surface area contributed by atoms with Crippen LogP contribution in [0.2, 0.25) is 0 Å². The molecule has 0 spiro atoms. The number of hydrogen-bond acceptors (Lipinski definition) is 2. The quantitative estimate of drug-likeness (QED) is 0.659. The zero-order chi connectivity index (χ0) is 8.10. The van der Waals surface area contributed by atoms with Crippen molar-refractivity contribution in [3.63, 3.8) is 0 Å². The molecule has 2 nitrogen and oxygen atoms in total. The second-order valence-corrected chi connectivity index (χ2v) is 3.69. The van der Waals surface area contributed by atoms with E-state index >= 15 is 0 Å². The highest BCUT2D eigenvalue weighted by Crippen LogP contribution is 2.11. The summed E-state index contributed by atoms with van der Waals surface area (Å²) in [6.07, 6.45) is 3.97. The summed E-state index contributed by atoms with van der Waals surface area (Å²) in [5.74, 6) is 0.790. The van der Waals surface area contributed by atoms with E-state index in [0.29, 0.717) is 0 Å². The van der Waals surface area contributed by atoms with Crippen LogP contribution in [0.4, 0.5) is 0 Å². The van der Waals surface area contributed by atoms with E-state index in [1.54, 1.807) is 0 Å². The molecule has 1 atom stereocenters. The second kappa shape index (κ2) is 4.73. The Kier molecular flexibility index (Phi) is 3.87. The molecule has 0 radical (unpaired) electrons. The Morgan fingerprint density at radius 1 is 1.36 bits per heavy atom. The summed E-state index contributed by atoms with van der Waals surface area (Å²) in [5.41, 5.74) is 5.49. The fraction of sp³-hybridized carbons (Fsp3) is 1.00. The lowest BCUT2D eigenvalue weighted by Gasteiger charge is -2.19. The van der Waals surface area contributed by atoms with E-state index in [9.17, 15) is 0 Å². The Morgan fingerprint density at radius 2 is 2.00 bits per heavy atom. The molecule has 11 heavy (non-hydrogen) atoms. The maximum atomic E-state index is 5.49. The van der Waals surface area contributed by atoms with Crippen LogP contribution >= 0.6 is 0 Å². The predicted molar refractivity (Wildman–Crippen MR) is 48.5 cm³/mol. The Labute approximate surface area is 69.8 Å². The number of likely N-dealkylation sites (tertiary alicyclic amines) is 1. The minimum absolute atomic E-state index is 0.790. The second-order valence-electron chi connectivity index (χ2n) is 3.69. The van der Waals surface area contributed by atoms with Gasteiger partial charge in [-0.05, 0) is 44.8 Å². The van der Waals surface area contributed by atoms with Crippen LogP contribution in [-0.4, -0.2) is 31.1 Å². The number of rotatable bonds is 4. The minimum Gasteiger partial charge on any atom is -0.330 e. The minimum atomic E-state index is 0.790. The molecule has 2 heteroatoms. The Balaban J connectivity index is 2.08. The van der Waals surface area contributed by atoms with Gasteiger partial charge in [0.25, 0.3) is 0 Å².